The van der Waals surface area contributed by atoms with Crippen LogP contribution in [0.1, 0.15) is 32.6 Å². The molecule has 1 aromatic carbocycles. The predicted octanol–water partition coefficient (Wildman–Crippen LogP) is 2.51. The van der Waals surface area contributed by atoms with Crippen LogP contribution in [0.15, 0.2) is 24.3 Å². The number of hydrogen-bond donors (Lipinski definition) is 0. The summed E-state index contributed by atoms with van der Waals surface area (Å²) < 4.78 is 0. The van der Waals surface area contributed by atoms with E-state index >= 15 is 0 Å². The van der Waals surface area contributed by atoms with Crippen LogP contribution >= 0.6 is 0 Å². The summed E-state index contributed by atoms with van der Waals surface area (Å²) in [6, 6.07) is 7.83. The lowest BCUT2D eigenvalue weighted by Crippen LogP contribution is -2.38. The number of benzene rings is 1. The molecule has 0 aliphatic carbocycles. The zero-order valence-corrected chi connectivity index (χ0v) is 14.4. The van der Waals surface area contributed by atoms with E-state index in [1.807, 2.05) is 48.2 Å². The molecule has 1 aromatic rings. The second kappa shape index (κ2) is 7.99. The molecule has 0 saturated carbocycles. The van der Waals surface area contributed by atoms with Gasteiger partial charge in [0.15, 0.2) is 0 Å². The van der Waals surface area contributed by atoms with Crippen LogP contribution in [0.25, 0.3) is 0 Å². The quantitative estimate of drug-likeness (QED) is 0.838. The van der Waals surface area contributed by atoms with E-state index in [2.05, 4.69) is 0 Å². The van der Waals surface area contributed by atoms with Gasteiger partial charge in [-0.05, 0) is 43.5 Å². The first-order valence-electron chi connectivity index (χ1n) is 8.32. The van der Waals surface area contributed by atoms with Gasteiger partial charge in [0.25, 0.3) is 0 Å². The normalized spacial score (nSPS) is 14.5. The van der Waals surface area contributed by atoms with Gasteiger partial charge in [0.05, 0.1) is 0 Å². The van der Waals surface area contributed by atoms with Gasteiger partial charge in [0, 0.05) is 58.4 Å². The van der Waals surface area contributed by atoms with E-state index in [4.69, 9.17) is 0 Å². The van der Waals surface area contributed by atoms with Crippen molar-refractivity contribution in [1.29, 1.82) is 0 Å². The van der Waals surface area contributed by atoms with Crippen LogP contribution in [0.3, 0.4) is 0 Å². The van der Waals surface area contributed by atoms with Gasteiger partial charge in [-0.3, -0.25) is 9.59 Å². The molecule has 0 unspecified atom stereocenters. The van der Waals surface area contributed by atoms with E-state index in [1.165, 1.54) is 6.42 Å². The van der Waals surface area contributed by atoms with Crippen molar-refractivity contribution in [2.75, 3.05) is 43.5 Å². The summed E-state index contributed by atoms with van der Waals surface area (Å²) in [6.45, 7) is 3.70. The van der Waals surface area contributed by atoms with Gasteiger partial charge in [-0.1, -0.05) is 0 Å². The maximum absolute atomic E-state index is 12.3. The van der Waals surface area contributed by atoms with Gasteiger partial charge in [0.1, 0.15) is 0 Å². The summed E-state index contributed by atoms with van der Waals surface area (Å²) in [5, 5.41) is 0. The van der Waals surface area contributed by atoms with Crippen LogP contribution in [0, 0.1) is 0 Å². The topological polar surface area (TPSA) is 43.9 Å². The van der Waals surface area contributed by atoms with E-state index in [0.29, 0.717) is 13.0 Å². The van der Waals surface area contributed by atoms with Gasteiger partial charge >= 0.3 is 0 Å². The number of rotatable bonds is 5. The second-order valence-corrected chi connectivity index (χ2v) is 6.27. The van der Waals surface area contributed by atoms with Gasteiger partial charge in [-0.2, -0.15) is 0 Å². The summed E-state index contributed by atoms with van der Waals surface area (Å²) in [6.07, 6.45) is 3.78. The van der Waals surface area contributed by atoms with Crippen LogP contribution in [0.2, 0.25) is 0 Å². The van der Waals surface area contributed by atoms with Crippen molar-refractivity contribution in [2.24, 2.45) is 0 Å². The van der Waals surface area contributed by atoms with Gasteiger partial charge < -0.3 is 14.7 Å². The number of carbonyl (C=O) groups is 2. The number of nitrogens with zero attached hydrogens (tertiary/aromatic N) is 3. The molecule has 0 N–H and O–H groups in total. The Morgan fingerprint density at radius 1 is 1.00 bits per heavy atom. The Balaban J connectivity index is 1.98. The molecule has 0 spiro atoms. The summed E-state index contributed by atoms with van der Waals surface area (Å²) in [5.41, 5.74) is 1.93. The van der Waals surface area contributed by atoms with Crippen molar-refractivity contribution in [1.82, 2.24) is 4.90 Å². The maximum atomic E-state index is 12.3. The smallest absolute Gasteiger partial charge is 0.224 e. The Bertz CT molecular complexity index is 534. The SMILES string of the molecule is CC(=O)N(CCC(=O)N1CCCCC1)c1ccc(N(C)C)cc1. The Morgan fingerprint density at radius 3 is 2.09 bits per heavy atom. The zero-order chi connectivity index (χ0) is 16.8. The molecule has 0 radical (unpaired) electrons. The minimum Gasteiger partial charge on any atom is -0.378 e. The van der Waals surface area contributed by atoms with Crippen molar-refractivity contribution in [2.45, 2.75) is 32.6 Å². The molecule has 5 nitrogen and oxygen atoms in total. The fourth-order valence-electron chi connectivity index (χ4n) is 2.91. The van der Waals surface area contributed by atoms with Crippen LogP contribution in [0.4, 0.5) is 11.4 Å². The van der Waals surface area contributed by atoms with Crippen molar-refractivity contribution in [3.05, 3.63) is 24.3 Å². The molecule has 23 heavy (non-hydrogen) atoms. The second-order valence-electron chi connectivity index (χ2n) is 6.27. The molecule has 2 amide bonds. The van der Waals surface area contributed by atoms with E-state index < -0.39 is 0 Å². The van der Waals surface area contributed by atoms with E-state index in [9.17, 15) is 9.59 Å². The van der Waals surface area contributed by atoms with Gasteiger partial charge in [-0.15, -0.1) is 0 Å². The Hall–Kier alpha value is -2.04. The molecule has 1 saturated heterocycles. The summed E-state index contributed by atoms with van der Waals surface area (Å²) >= 11 is 0. The number of hydrogen-bond acceptors (Lipinski definition) is 3. The van der Waals surface area contributed by atoms with E-state index in [-0.39, 0.29) is 11.8 Å². The molecule has 1 aliphatic rings. The van der Waals surface area contributed by atoms with E-state index in [0.717, 1.165) is 37.3 Å². The van der Waals surface area contributed by atoms with Crippen molar-refractivity contribution < 1.29 is 9.59 Å². The predicted molar refractivity (Wildman–Crippen MR) is 93.8 cm³/mol. The van der Waals surface area contributed by atoms with Gasteiger partial charge in [0.2, 0.25) is 11.8 Å². The summed E-state index contributed by atoms with van der Waals surface area (Å²) in [4.78, 5) is 29.8. The molecule has 2 rings (SSSR count). The van der Waals surface area contributed by atoms with Crippen molar-refractivity contribution in [3.8, 4) is 0 Å². The highest BCUT2D eigenvalue weighted by atomic mass is 16.2. The minimum absolute atomic E-state index is 0.0333. The number of carbonyl (C=O) groups excluding carboxylic acids is 2. The van der Waals surface area contributed by atoms with Crippen LogP contribution < -0.4 is 9.80 Å². The fourth-order valence-corrected chi connectivity index (χ4v) is 2.91. The monoisotopic (exact) mass is 317 g/mol. The first kappa shape index (κ1) is 17.3. The zero-order valence-electron chi connectivity index (χ0n) is 14.4. The largest absolute Gasteiger partial charge is 0.378 e. The van der Waals surface area contributed by atoms with Gasteiger partial charge in [-0.25, -0.2) is 0 Å². The average Bonchev–Trinajstić information content (AvgIpc) is 2.55. The molecule has 1 fully saturated rings. The molecule has 1 aliphatic heterocycles. The van der Waals surface area contributed by atoms with Crippen LogP contribution in [-0.4, -0.2) is 50.4 Å². The molecular formula is C18H27N3O2. The molecule has 0 aromatic heterocycles. The third kappa shape index (κ3) is 4.71. The molecule has 1 heterocycles. The van der Waals surface area contributed by atoms with Crippen molar-refractivity contribution >= 4 is 23.2 Å². The Morgan fingerprint density at radius 2 is 1.57 bits per heavy atom. The van der Waals surface area contributed by atoms with Crippen molar-refractivity contribution in [3.63, 3.8) is 0 Å². The molecular weight excluding hydrogens is 290 g/mol. The lowest BCUT2D eigenvalue weighted by molar-refractivity contribution is -0.131. The first-order valence-corrected chi connectivity index (χ1v) is 8.32. The third-order valence-corrected chi connectivity index (χ3v) is 4.32. The summed E-state index contributed by atoms with van der Waals surface area (Å²) in [5.74, 6) is 0.120. The first-order chi connectivity index (χ1) is 11.0. The summed E-state index contributed by atoms with van der Waals surface area (Å²) in [7, 11) is 3.96. The fraction of sp³-hybridized carbons (Fsp3) is 0.556. The Kier molecular flexibility index (Phi) is 6.02. The lowest BCUT2D eigenvalue weighted by Gasteiger charge is -2.28. The maximum Gasteiger partial charge on any atom is 0.224 e. The Labute approximate surface area is 138 Å². The minimum atomic E-state index is -0.0333. The molecule has 0 bridgehead atoms. The third-order valence-electron chi connectivity index (χ3n) is 4.32. The standard InChI is InChI=1S/C18H27N3O2/c1-15(22)21(17-9-7-16(8-10-17)19(2)3)14-11-18(23)20-12-5-4-6-13-20/h7-10H,4-6,11-14H2,1-3H3. The number of anilines is 2. The van der Waals surface area contributed by atoms with E-state index in [1.54, 1.807) is 11.8 Å². The highest BCUT2D eigenvalue weighted by Gasteiger charge is 2.19. The van der Waals surface area contributed by atoms with Crippen LogP contribution in [-0.2, 0) is 9.59 Å². The number of likely N-dealkylation sites (tertiary alicyclic amines) is 1. The number of amides is 2. The number of piperidine rings is 1. The highest BCUT2D eigenvalue weighted by molar-refractivity contribution is 5.92. The molecule has 0 atom stereocenters. The molecule has 5 heteroatoms. The van der Waals surface area contributed by atoms with Crippen LogP contribution in [0.5, 0.6) is 0 Å². The lowest BCUT2D eigenvalue weighted by atomic mass is 10.1. The average molecular weight is 317 g/mol. The highest BCUT2D eigenvalue weighted by Crippen LogP contribution is 2.20. The molecule has 126 valence electrons.